The summed E-state index contributed by atoms with van der Waals surface area (Å²) in [5.74, 6) is -0.404. The van der Waals surface area contributed by atoms with Gasteiger partial charge in [0.1, 0.15) is 42.0 Å². The molecule has 0 amide bonds. The van der Waals surface area contributed by atoms with E-state index >= 15 is 0 Å². The quantitative estimate of drug-likeness (QED) is 0.672. The Morgan fingerprint density at radius 1 is 1.17 bits per heavy atom. The van der Waals surface area contributed by atoms with E-state index in [4.69, 9.17) is 16.3 Å². The second-order valence-electron chi connectivity index (χ2n) is 6.68. The van der Waals surface area contributed by atoms with Crippen molar-refractivity contribution in [2.24, 2.45) is 0 Å². The lowest BCUT2D eigenvalue weighted by Crippen LogP contribution is -2.33. The van der Waals surface area contributed by atoms with Crippen LogP contribution in [0.3, 0.4) is 0 Å². The van der Waals surface area contributed by atoms with Gasteiger partial charge in [0.2, 0.25) is 0 Å². The van der Waals surface area contributed by atoms with Gasteiger partial charge >= 0.3 is 6.18 Å². The average Bonchev–Trinajstić information content (AvgIpc) is 3.13. The Morgan fingerprint density at radius 2 is 1.90 bits per heavy atom. The van der Waals surface area contributed by atoms with E-state index < -0.39 is 29.5 Å². The smallest absolute Gasteiger partial charge is 0.416 e. The minimum atomic E-state index is -4.79. The number of benzene rings is 1. The molecule has 156 valence electrons. The van der Waals surface area contributed by atoms with Gasteiger partial charge in [0.25, 0.3) is 0 Å². The molecule has 7 nitrogen and oxygen atoms in total. The van der Waals surface area contributed by atoms with Gasteiger partial charge in [-0.05, 0) is 36.8 Å². The topological polar surface area (TPSA) is 101 Å². The van der Waals surface area contributed by atoms with Gasteiger partial charge in [-0.2, -0.15) is 18.3 Å². The SMILES string of the molecule is CC(O)(Cn1cncn1)c1ccc(OC2=CC=C(Cl)C(O)C2O)cc1C(F)(F)F. The molecule has 2 aromatic rings. The van der Waals surface area contributed by atoms with E-state index in [0.717, 1.165) is 6.07 Å². The number of rotatable bonds is 5. The number of aliphatic hydroxyl groups is 3. The molecule has 0 bridgehead atoms. The van der Waals surface area contributed by atoms with Crippen molar-refractivity contribution in [3.63, 3.8) is 0 Å². The lowest BCUT2D eigenvalue weighted by Gasteiger charge is -2.28. The zero-order chi connectivity index (χ0) is 21.4. The highest BCUT2D eigenvalue weighted by Gasteiger charge is 2.40. The number of aliphatic hydroxyl groups excluding tert-OH is 2. The zero-order valence-corrected chi connectivity index (χ0v) is 15.8. The predicted octanol–water partition coefficient (Wildman–Crippen LogP) is 2.33. The molecular weight excluding hydrogens is 415 g/mol. The van der Waals surface area contributed by atoms with Gasteiger partial charge in [-0.15, -0.1) is 0 Å². The Balaban J connectivity index is 1.95. The second-order valence-corrected chi connectivity index (χ2v) is 7.12. The molecule has 1 aromatic heterocycles. The third kappa shape index (κ3) is 4.61. The number of ether oxygens (including phenoxy) is 1. The maximum Gasteiger partial charge on any atom is 0.416 e. The highest BCUT2D eigenvalue weighted by atomic mass is 35.5. The van der Waals surface area contributed by atoms with Crippen LogP contribution in [0.15, 0.2) is 53.8 Å². The molecule has 1 aliphatic carbocycles. The summed E-state index contributed by atoms with van der Waals surface area (Å²) < 4.78 is 47.6. The minimum absolute atomic E-state index is 0.0275. The van der Waals surface area contributed by atoms with E-state index in [1.807, 2.05) is 0 Å². The van der Waals surface area contributed by atoms with Crippen LogP contribution in [0.2, 0.25) is 0 Å². The number of alkyl halides is 3. The zero-order valence-electron chi connectivity index (χ0n) is 15.0. The van der Waals surface area contributed by atoms with Crippen molar-refractivity contribution in [1.82, 2.24) is 14.8 Å². The highest BCUT2D eigenvalue weighted by molar-refractivity contribution is 6.30. The van der Waals surface area contributed by atoms with Crippen molar-refractivity contribution >= 4 is 11.6 Å². The summed E-state index contributed by atoms with van der Waals surface area (Å²) in [6, 6.07) is 3.02. The molecule has 0 radical (unpaired) electrons. The molecule has 0 saturated carbocycles. The fourth-order valence-corrected chi connectivity index (χ4v) is 3.08. The molecule has 29 heavy (non-hydrogen) atoms. The monoisotopic (exact) mass is 431 g/mol. The Labute approximate surface area is 168 Å². The van der Waals surface area contributed by atoms with Crippen molar-refractivity contribution in [3.8, 4) is 5.75 Å². The molecule has 0 aliphatic heterocycles. The molecule has 1 aliphatic rings. The summed E-state index contributed by atoms with van der Waals surface area (Å²) in [6.45, 7) is 0.978. The van der Waals surface area contributed by atoms with Crippen LogP contribution in [-0.2, 0) is 18.3 Å². The molecule has 3 unspecified atom stereocenters. The average molecular weight is 432 g/mol. The van der Waals surface area contributed by atoms with Gasteiger partial charge in [0.05, 0.1) is 12.1 Å². The van der Waals surface area contributed by atoms with Crippen molar-refractivity contribution in [1.29, 1.82) is 0 Å². The summed E-state index contributed by atoms with van der Waals surface area (Å²) in [5, 5.41) is 34.2. The van der Waals surface area contributed by atoms with Crippen LogP contribution in [-0.4, -0.2) is 42.3 Å². The van der Waals surface area contributed by atoms with Crippen LogP contribution >= 0.6 is 11.6 Å². The summed E-state index contributed by atoms with van der Waals surface area (Å²) in [5.41, 5.74) is -3.40. The third-order valence-corrected chi connectivity index (χ3v) is 4.68. The summed E-state index contributed by atoms with van der Waals surface area (Å²) >= 11 is 5.71. The number of nitrogens with zero attached hydrogens (tertiary/aromatic N) is 3. The first kappa shape index (κ1) is 21.3. The third-order valence-electron chi connectivity index (χ3n) is 4.33. The van der Waals surface area contributed by atoms with Gasteiger partial charge in [-0.25, -0.2) is 9.67 Å². The summed E-state index contributed by atoms with van der Waals surface area (Å²) in [7, 11) is 0. The Hall–Kier alpha value is -2.40. The predicted molar refractivity (Wildman–Crippen MR) is 95.7 cm³/mol. The molecule has 1 heterocycles. The Bertz CT molecular complexity index is 942. The number of hydrogen-bond acceptors (Lipinski definition) is 6. The molecule has 3 atom stereocenters. The van der Waals surface area contributed by atoms with Gasteiger partial charge in [0.15, 0.2) is 0 Å². The normalized spacial score (nSPS) is 21.9. The summed E-state index contributed by atoms with van der Waals surface area (Å²) in [4.78, 5) is 3.70. The number of hydrogen-bond donors (Lipinski definition) is 3. The number of allylic oxidation sites excluding steroid dienone is 2. The molecule has 0 fully saturated rings. The first-order valence-electron chi connectivity index (χ1n) is 8.37. The van der Waals surface area contributed by atoms with E-state index in [0.29, 0.717) is 6.07 Å². The van der Waals surface area contributed by atoms with Gasteiger partial charge < -0.3 is 20.1 Å². The van der Waals surface area contributed by atoms with Gasteiger partial charge in [-0.3, -0.25) is 0 Å². The lowest BCUT2D eigenvalue weighted by molar-refractivity contribution is -0.140. The van der Waals surface area contributed by atoms with Crippen molar-refractivity contribution in [2.75, 3.05) is 0 Å². The van der Waals surface area contributed by atoms with Crippen LogP contribution < -0.4 is 4.74 Å². The van der Waals surface area contributed by atoms with Crippen LogP contribution in [0.25, 0.3) is 0 Å². The highest BCUT2D eigenvalue weighted by Crippen LogP contribution is 2.40. The first-order valence-corrected chi connectivity index (χ1v) is 8.74. The standard InChI is InChI=1S/C18H17ClF3N3O4/c1-17(28,7-25-9-23-8-24-25)11-3-2-10(6-12(11)18(20,21)22)29-14-5-4-13(19)15(26)16(14)27/h2-6,8-9,15-16,26-28H,7H2,1H3. The Morgan fingerprint density at radius 3 is 2.52 bits per heavy atom. The van der Waals surface area contributed by atoms with Crippen LogP contribution in [0.4, 0.5) is 13.2 Å². The molecule has 1 aromatic carbocycles. The van der Waals surface area contributed by atoms with E-state index in [2.05, 4.69) is 10.1 Å². The van der Waals surface area contributed by atoms with E-state index in [9.17, 15) is 28.5 Å². The van der Waals surface area contributed by atoms with Crippen LogP contribution in [0.1, 0.15) is 18.1 Å². The minimum Gasteiger partial charge on any atom is -0.459 e. The van der Waals surface area contributed by atoms with Gasteiger partial charge in [-0.1, -0.05) is 17.7 Å². The molecule has 11 heteroatoms. The molecule has 0 saturated heterocycles. The number of halogens is 4. The molecule has 0 spiro atoms. The van der Waals surface area contributed by atoms with E-state index in [1.54, 1.807) is 0 Å². The van der Waals surface area contributed by atoms with Crippen LogP contribution in [0.5, 0.6) is 5.75 Å². The summed E-state index contributed by atoms with van der Waals surface area (Å²) in [6.07, 6.45) is -2.75. The maximum atomic E-state index is 13.7. The largest absolute Gasteiger partial charge is 0.459 e. The first-order chi connectivity index (χ1) is 13.5. The van der Waals surface area contributed by atoms with Gasteiger partial charge in [0, 0.05) is 5.03 Å². The Kier molecular flexibility index (Phi) is 5.72. The lowest BCUT2D eigenvalue weighted by atomic mass is 9.90. The maximum absolute atomic E-state index is 13.7. The van der Waals surface area contributed by atoms with Crippen molar-refractivity contribution in [2.45, 2.75) is 37.5 Å². The fraction of sp³-hybridized carbons (Fsp3) is 0.333. The second kappa shape index (κ2) is 7.79. The van der Waals surface area contributed by atoms with Crippen LogP contribution in [0, 0.1) is 0 Å². The van der Waals surface area contributed by atoms with E-state index in [1.165, 1.54) is 42.5 Å². The van der Waals surface area contributed by atoms with E-state index in [-0.39, 0.29) is 28.6 Å². The van der Waals surface area contributed by atoms with Crippen molar-refractivity contribution < 1.29 is 33.2 Å². The molecular formula is C18H17ClF3N3O4. The molecule has 3 rings (SSSR count). The number of aromatic nitrogens is 3. The molecule has 3 N–H and O–H groups in total. The van der Waals surface area contributed by atoms with Crippen molar-refractivity contribution in [3.05, 3.63) is 64.9 Å². The fourth-order valence-electron chi connectivity index (χ4n) is 2.90.